The Balaban J connectivity index is 1.50. The van der Waals surface area contributed by atoms with Crippen molar-refractivity contribution in [2.45, 2.75) is 13.1 Å². The van der Waals surface area contributed by atoms with Gasteiger partial charge >= 0.3 is 0 Å². The van der Waals surface area contributed by atoms with Crippen LogP contribution in [0.5, 0.6) is 0 Å². The van der Waals surface area contributed by atoms with Crippen molar-refractivity contribution < 1.29 is 0 Å². The van der Waals surface area contributed by atoms with Gasteiger partial charge in [0.25, 0.3) is 0 Å². The summed E-state index contributed by atoms with van der Waals surface area (Å²) in [6.07, 6.45) is 6.04. The maximum absolute atomic E-state index is 4.29. The van der Waals surface area contributed by atoms with Gasteiger partial charge in [-0.1, -0.05) is 24.3 Å². The summed E-state index contributed by atoms with van der Waals surface area (Å²) in [5.74, 6) is 1.25. The minimum Gasteiger partial charge on any atom is -0.300 e. The zero-order valence-electron chi connectivity index (χ0n) is 13.9. The predicted molar refractivity (Wildman–Crippen MR) is 97.9 cm³/mol. The molecule has 1 aliphatic rings. The average Bonchev–Trinajstić information content (AvgIpc) is 3.07. The van der Waals surface area contributed by atoms with Crippen molar-refractivity contribution in [2.24, 2.45) is 0 Å². The molecule has 1 saturated heterocycles. The van der Waals surface area contributed by atoms with Gasteiger partial charge in [0.05, 0.1) is 6.54 Å². The lowest BCUT2D eigenvalue weighted by Crippen LogP contribution is -2.46. The van der Waals surface area contributed by atoms with Gasteiger partial charge in [-0.2, -0.15) is 16.9 Å². The number of piperazine rings is 1. The first-order chi connectivity index (χ1) is 11.3. The van der Waals surface area contributed by atoms with Crippen LogP contribution in [0.15, 0.2) is 42.7 Å². The number of hydrogen-bond acceptors (Lipinski definition) is 4. The Morgan fingerprint density at radius 3 is 2.43 bits per heavy atom. The highest BCUT2D eigenvalue weighted by Gasteiger charge is 2.16. The Bertz CT molecular complexity index is 576. The Labute approximate surface area is 143 Å². The molecule has 0 bridgehead atoms. The van der Waals surface area contributed by atoms with E-state index in [4.69, 9.17) is 0 Å². The topological polar surface area (TPSA) is 24.3 Å². The lowest BCUT2D eigenvalue weighted by molar-refractivity contribution is 0.133. The molecule has 0 N–H and O–H groups in total. The van der Waals surface area contributed by atoms with Crippen LogP contribution in [0.4, 0.5) is 0 Å². The minimum atomic E-state index is 0.850. The Kier molecular flexibility index (Phi) is 6.13. The maximum atomic E-state index is 4.29. The highest BCUT2D eigenvalue weighted by molar-refractivity contribution is 7.98. The normalized spacial score (nSPS) is 16.7. The van der Waals surface area contributed by atoms with E-state index in [1.807, 2.05) is 34.9 Å². The summed E-state index contributed by atoms with van der Waals surface area (Å²) in [5.41, 5.74) is 2.73. The van der Waals surface area contributed by atoms with Gasteiger partial charge in [0.15, 0.2) is 0 Å². The molecule has 0 radical (unpaired) electrons. The van der Waals surface area contributed by atoms with Crippen LogP contribution in [0.1, 0.15) is 11.1 Å². The smallest absolute Gasteiger partial charge is 0.0659 e. The Hall–Kier alpha value is -1.30. The summed E-state index contributed by atoms with van der Waals surface area (Å²) < 4.78 is 1.98. The van der Waals surface area contributed by atoms with E-state index in [1.165, 1.54) is 49.6 Å². The second kappa shape index (κ2) is 8.52. The predicted octanol–water partition coefficient (Wildman–Crippen LogP) is 2.41. The molecule has 3 rings (SSSR count). The Morgan fingerprint density at radius 2 is 1.74 bits per heavy atom. The van der Waals surface area contributed by atoms with Crippen molar-refractivity contribution in [3.05, 3.63) is 53.9 Å². The fourth-order valence-corrected chi connectivity index (χ4v) is 3.50. The van der Waals surface area contributed by atoms with Crippen molar-refractivity contribution in [1.82, 2.24) is 19.6 Å². The fraction of sp³-hybridized carbons (Fsp3) is 0.500. The Morgan fingerprint density at radius 1 is 1.00 bits per heavy atom. The fourth-order valence-electron chi connectivity index (χ4n) is 3.06. The van der Waals surface area contributed by atoms with Crippen molar-refractivity contribution in [3.63, 3.8) is 0 Å². The molecule has 1 aromatic heterocycles. The van der Waals surface area contributed by atoms with E-state index in [-0.39, 0.29) is 0 Å². The number of nitrogens with zero attached hydrogens (tertiary/aromatic N) is 4. The van der Waals surface area contributed by atoms with Crippen LogP contribution < -0.4 is 0 Å². The second-order valence-electron chi connectivity index (χ2n) is 6.13. The number of benzene rings is 1. The molecule has 0 atom stereocenters. The number of hydrogen-bond donors (Lipinski definition) is 0. The van der Waals surface area contributed by atoms with Crippen molar-refractivity contribution in [1.29, 1.82) is 0 Å². The van der Waals surface area contributed by atoms with E-state index in [9.17, 15) is 0 Å². The first-order valence-corrected chi connectivity index (χ1v) is 9.72. The molecule has 0 spiro atoms. The number of aromatic nitrogens is 2. The van der Waals surface area contributed by atoms with Gasteiger partial charge in [-0.3, -0.25) is 14.5 Å². The third-order valence-corrected chi connectivity index (χ3v) is 4.97. The maximum Gasteiger partial charge on any atom is 0.0659 e. The van der Waals surface area contributed by atoms with Gasteiger partial charge in [0, 0.05) is 57.4 Å². The van der Waals surface area contributed by atoms with Crippen LogP contribution in [0, 0.1) is 0 Å². The molecule has 2 aromatic rings. The van der Waals surface area contributed by atoms with Gasteiger partial charge < -0.3 is 0 Å². The summed E-state index contributed by atoms with van der Waals surface area (Å²) in [5, 5.41) is 4.29. The minimum absolute atomic E-state index is 0.850. The first-order valence-electron chi connectivity index (χ1n) is 8.32. The van der Waals surface area contributed by atoms with Gasteiger partial charge in [-0.15, -0.1) is 0 Å². The summed E-state index contributed by atoms with van der Waals surface area (Å²) in [6, 6.07) is 10.9. The molecule has 0 aliphatic carbocycles. The molecule has 124 valence electrons. The largest absolute Gasteiger partial charge is 0.300 e. The molecule has 0 amide bonds. The van der Waals surface area contributed by atoms with Crippen LogP contribution in [0.3, 0.4) is 0 Å². The molecule has 0 saturated carbocycles. The molecule has 1 aliphatic heterocycles. The monoisotopic (exact) mass is 330 g/mol. The summed E-state index contributed by atoms with van der Waals surface area (Å²) in [7, 11) is 0. The number of thioether (sulfide) groups is 1. The molecule has 2 heterocycles. The second-order valence-corrected chi connectivity index (χ2v) is 7.12. The van der Waals surface area contributed by atoms with Crippen LogP contribution in [-0.4, -0.2) is 64.3 Å². The van der Waals surface area contributed by atoms with E-state index in [1.54, 1.807) is 0 Å². The molecular formula is C18H26N4S. The lowest BCUT2D eigenvalue weighted by atomic mass is 10.1. The van der Waals surface area contributed by atoms with Crippen LogP contribution in [0.25, 0.3) is 0 Å². The van der Waals surface area contributed by atoms with E-state index in [0.717, 1.165) is 13.1 Å². The quantitative estimate of drug-likeness (QED) is 0.778. The highest BCUT2D eigenvalue weighted by Crippen LogP contribution is 2.12. The summed E-state index contributed by atoms with van der Waals surface area (Å²) in [4.78, 5) is 5.16. The van der Waals surface area contributed by atoms with E-state index in [2.05, 4.69) is 45.4 Å². The third-order valence-electron chi connectivity index (χ3n) is 4.38. The van der Waals surface area contributed by atoms with Crippen molar-refractivity contribution >= 4 is 11.8 Å². The van der Waals surface area contributed by atoms with Crippen LogP contribution >= 0.6 is 11.8 Å². The highest BCUT2D eigenvalue weighted by atomic mass is 32.2. The van der Waals surface area contributed by atoms with Gasteiger partial charge in [-0.05, 0) is 23.4 Å². The molecule has 0 unspecified atom stereocenters. The van der Waals surface area contributed by atoms with E-state index < -0.39 is 0 Å². The van der Waals surface area contributed by atoms with Crippen molar-refractivity contribution in [2.75, 3.05) is 44.7 Å². The lowest BCUT2D eigenvalue weighted by Gasteiger charge is -2.34. The molecule has 5 heteroatoms. The third kappa shape index (κ3) is 5.09. The number of rotatable bonds is 7. The molecule has 1 aromatic carbocycles. The molecule has 23 heavy (non-hydrogen) atoms. The zero-order valence-corrected chi connectivity index (χ0v) is 14.7. The van der Waals surface area contributed by atoms with E-state index in [0.29, 0.717) is 0 Å². The van der Waals surface area contributed by atoms with Gasteiger partial charge in [0.2, 0.25) is 0 Å². The first kappa shape index (κ1) is 16.6. The van der Waals surface area contributed by atoms with Crippen LogP contribution in [-0.2, 0) is 13.1 Å². The van der Waals surface area contributed by atoms with Gasteiger partial charge in [-0.25, -0.2) is 0 Å². The molecule has 1 fully saturated rings. The average molecular weight is 331 g/mol. The molecule has 4 nitrogen and oxygen atoms in total. The summed E-state index contributed by atoms with van der Waals surface area (Å²) in [6.45, 7) is 7.90. The molecular weight excluding hydrogens is 304 g/mol. The SMILES string of the molecule is CSCCN1CCN(Cc2cccc(Cn3cccn3)c2)CC1. The van der Waals surface area contributed by atoms with Gasteiger partial charge in [0.1, 0.15) is 0 Å². The standard InChI is InChI=1S/C18H26N4S/c1-23-13-12-20-8-10-21(11-9-20)15-17-4-2-5-18(14-17)16-22-7-3-6-19-22/h2-7,14H,8-13,15-16H2,1H3. The van der Waals surface area contributed by atoms with Crippen LogP contribution in [0.2, 0.25) is 0 Å². The summed E-state index contributed by atoms with van der Waals surface area (Å²) >= 11 is 1.94. The van der Waals surface area contributed by atoms with E-state index >= 15 is 0 Å². The van der Waals surface area contributed by atoms with Crippen molar-refractivity contribution in [3.8, 4) is 0 Å². The zero-order chi connectivity index (χ0) is 15.9.